The minimum Gasteiger partial charge on any atom is -0.495 e. The zero-order valence-electron chi connectivity index (χ0n) is 18.5. The molecule has 1 saturated heterocycles. The maximum atomic E-state index is 12.1. The largest absolute Gasteiger partial charge is 0.495 e. The lowest BCUT2D eigenvalue weighted by atomic mass is 10.2. The Labute approximate surface area is 184 Å². The number of hydrogen-bond donors (Lipinski definition) is 2. The van der Waals surface area contributed by atoms with Crippen LogP contribution in [0.3, 0.4) is 0 Å². The van der Waals surface area contributed by atoms with E-state index in [1.54, 1.807) is 21.3 Å². The van der Waals surface area contributed by atoms with Gasteiger partial charge in [0.2, 0.25) is 0 Å². The Morgan fingerprint density at radius 1 is 0.871 bits per heavy atom. The van der Waals surface area contributed by atoms with Crippen molar-refractivity contribution >= 4 is 11.7 Å². The smallest absolute Gasteiger partial charge is 0.315 e. The first-order chi connectivity index (χ1) is 15.1. The van der Waals surface area contributed by atoms with Crippen molar-refractivity contribution in [3.63, 3.8) is 0 Å². The van der Waals surface area contributed by atoms with E-state index < -0.39 is 0 Å². The first-order valence-corrected chi connectivity index (χ1v) is 10.5. The molecule has 8 nitrogen and oxygen atoms in total. The van der Waals surface area contributed by atoms with Crippen LogP contribution in [0.1, 0.15) is 5.56 Å². The lowest BCUT2D eigenvalue weighted by Gasteiger charge is -2.36. The topological polar surface area (TPSA) is 75.3 Å². The third-order valence-electron chi connectivity index (χ3n) is 5.41. The predicted molar refractivity (Wildman–Crippen MR) is 121 cm³/mol. The molecule has 0 aromatic heterocycles. The van der Waals surface area contributed by atoms with Gasteiger partial charge in [-0.25, -0.2) is 4.79 Å². The van der Waals surface area contributed by atoms with Gasteiger partial charge in [0.25, 0.3) is 0 Å². The molecule has 0 atom stereocenters. The lowest BCUT2D eigenvalue weighted by molar-refractivity contribution is 0.231. The number of methoxy groups -OCH3 is 3. The van der Waals surface area contributed by atoms with E-state index in [9.17, 15) is 4.79 Å². The number of benzene rings is 2. The zero-order chi connectivity index (χ0) is 22.1. The molecule has 2 aromatic rings. The Morgan fingerprint density at radius 3 is 2.29 bits per heavy atom. The van der Waals surface area contributed by atoms with Crippen LogP contribution in [0.25, 0.3) is 0 Å². The van der Waals surface area contributed by atoms with Crippen molar-refractivity contribution in [2.24, 2.45) is 0 Å². The van der Waals surface area contributed by atoms with Crippen LogP contribution >= 0.6 is 0 Å². The van der Waals surface area contributed by atoms with Gasteiger partial charge in [0.05, 0.1) is 27.0 Å². The number of anilines is 1. The monoisotopic (exact) mass is 428 g/mol. The third kappa shape index (κ3) is 6.18. The van der Waals surface area contributed by atoms with Gasteiger partial charge in [-0.15, -0.1) is 0 Å². The van der Waals surface area contributed by atoms with Crippen molar-refractivity contribution in [1.82, 2.24) is 15.5 Å². The maximum absolute atomic E-state index is 12.1. The first kappa shape index (κ1) is 22.6. The summed E-state index contributed by atoms with van der Waals surface area (Å²) < 4.78 is 16.0. The number of hydrogen-bond acceptors (Lipinski definition) is 6. The van der Waals surface area contributed by atoms with E-state index in [0.717, 1.165) is 49.7 Å². The molecule has 2 aromatic carbocycles. The molecule has 1 aliphatic rings. The molecule has 1 aliphatic heterocycles. The van der Waals surface area contributed by atoms with Gasteiger partial charge in [-0.05, 0) is 29.8 Å². The summed E-state index contributed by atoms with van der Waals surface area (Å²) in [5, 5.41) is 5.81. The van der Waals surface area contributed by atoms with Crippen molar-refractivity contribution < 1.29 is 19.0 Å². The number of piperazine rings is 1. The van der Waals surface area contributed by atoms with Crippen LogP contribution in [0.2, 0.25) is 0 Å². The van der Waals surface area contributed by atoms with Crippen molar-refractivity contribution in [3.05, 3.63) is 48.0 Å². The molecule has 2 amide bonds. The number of nitrogens with one attached hydrogen (secondary N) is 2. The number of carbonyl (C=O) groups is 1. The fraction of sp³-hybridized carbons (Fsp3) is 0.435. The quantitative estimate of drug-likeness (QED) is 0.639. The molecule has 8 heteroatoms. The molecule has 3 rings (SSSR count). The van der Waals surface area contributed by atoms with Crippen molar-refractivity contribution in [2.75, 3.05) is 65.5 Å². The number of rotatable bonds is 9. The second-order valence-corrected chi connectivity index (χ2v) is 7.30. The van der Waals surface area contributed by atoms with Gasteiger partial charge in [-0.2, -0.15) is 0 Å². The Kier molecular flexibility index (Phi) is 8.23. The molecule has 0 spiro atoms. The van der Waals surface area contributed by atoms with Crippen molar-refractivity contribution in [1.29, 1.82) is 0 Å². The fourth-order valence-corrected chi connectivity index (χ4v) is 3.67. The highest BCUT2D eigenvalue weighted by molar-refractivity contribution is 5.73. The summed E-state index contributed by atoms with van der Waals surface area (Å²) >= 11 is 0. The molecule has 0 aliphatic carbocycles. The van der Waals surface area contributed by atoms with Gasteiger partial charge >= 0.3 is 6.03 Å². The molecular formula is C23H32N4O4. The predicted octanol–water partition coefficient (Wildman–Crippen LogP) is 2.33. The number of para-hydroxylation sites is 2. The van der Waals surface area contributed by atoms with E-state index >= 15 is 0 Å². The Morgan fingerprint density at radius 2 is 1.58 bits per heavy atom. The molecule has 168 valence electrons. The Balaban J connectivity index is 1.36. The minimum atomic E-state index is -0.178. The van der Waals surface area contributed by atoms with Gasteiger partial charge in [-0.3, -0.25) is 4.90 Å². The highest BCUT2D eigenvalue weighted by Crippen LogP contribution is 2.28. The van der Waals surface area contributed by atoms with Gasteiger partial charge in [0, 0.05) is 45.8 Å². The maximum Gasteiger partial charge on any atom is 0.315 e. The summed E-state index contributed by atoms with van der Waals surface area (Å²) in [6, 6.07) is 13.5. The van der Waals surface area contributed by atoms with Crippen molar-refractivity contribution in [2.45, 2.75) is 6.54 Å². The van der Waals surface area contributed by atoms with Crippen LogP contribution in [0.15, 0.2) is 42.5 Å². The summed E-state index contributed by atoms with van der Waals surface area (Å²) in [7, 11) is 4.90. The summed E-state index contributed by atoms with van der Waals surface area (Å²) in [6.45, 7) is 5.62. The molecule has 0 saturated carbocycles. The number of urea groups is 1. The average Bonchev–Trinajstić information content (AvgIpc) is 2.83. The van der Waals surface area contributed by atoms with E-state index in [0.29, 0.717) is 24.6 Å². The summed E-state index contributed by atoms with van der Waals surface area (Å²) in [6.07, 6.45) is 0. The SMILES string of the molecule is COc1ccc(CNC(=O)NCCN2CCN(c3ccccc3OC)CC2)cc1OC. The normalized spacial score (nSPS) is 14.1. The highest BCUT2D eigenvalue weighted by atomic mass is 16.5. The van der Waals surface area contributed by atoms with Gasteiger partial charge in [0.15, 0.2) is 11.5 Å². The van der Waals surface area contributed by atoms with Crippen LogP contribution in [-0.2, 0) is 6.54 Å². The number of ether oxygens (including phenoxy) is 3. The fourth-order valence-electron chi connectivity index (χ4n) is 3.67. The van der Waals surface area contributed by atoms with Gasteiger partial charge in [0.1, 0.15) is 5.75 Å². The lowest BCUT2D eigenvalue weighted by Crippen LogP contribution is -2.49. The molecule has 0 bridgehead atoms. The number of nitrogens with zero attached hydrogens (tertiary/aromatic N) is 2. The minimum absolute atomic E-state index is 0.178. The summed E-state index contributed by atoms with van der Waals surface area (Å²) in [5.41, 5.74) is 2.08. The van der Waals surface area contributed by atoms with E-state index in [4.69, 9.17) is 14.2 Å². The summed E-state index contributed by atoms with van der Waals surface area (Å²) in [4.78, 5) is 16.8. The second kappa shape index (κ2) is 11.3. The summed E-state index contributed by atoms with van der Waals surface area (Å²) in [5.74, 6) is 2.22. The molecule has 0 radical (unpaired) electrons. The van der Waals surface area contributed by atoms with Gasteiger partial charge in [-0.1, -0.05) is 18.2 Å². The van der Waals surface area contributed by atoms with E-state index in [2.05, 4.69) is 26.5 Å². The van der Waals surface area contributed by atoms with Crippen LogP contribution in [-0.4, -0.2) is 71.5 Å². The van der Waals surface area contributed by atoms with Crippen LogP contribution in [0.4, 0.5) is 10.5 Å². The number of carbonyl (C=O) groups excluding carboxylic acids is 1. The van der Waals surface area contributed by atoms with Crippen LogP contribution < -0.4 is 29.7 Å². The molecule has 1 fully saturated rings. The zero-order valence-corrected chi connectivity index (χ0v) is 18.5. The Hall–Kier alpha value is -3.13. The van der Waals surface area contributed by atoms with Crippen LogP contribution in [0.5, 0.6) is 17.2 Å². The Bertz CT molecular complexity index is 853. The first-order valence-electron chi connectivity index (χ1n) is 10.5. The second-order valence-electron chi connectivity index (χ2n) is 7.30. The number of amides is 2. The molecule has 2 N–H and O–H groups in total. The average molecular weight is 429 g/mol. The highest BCUT2D eigenvalue weighted by Gasteiger charge is 2.19. The molecule has 0 unspecified atom stereocenters. The molecule has 31 heavy (non-hydrogen) atoms. The molecule has 1 heterocycles. The van der Waals surface area contributed by atoms with E-state index in [1.165, 1.54) is 0 Å². The van der Waals surface area contributed by atoms with Crippen LogP contribution in [0, 0.1) is 0 Å². The van der Waals surface area contributed by atoms with E-state index in [-0.39, 0.29) is 6.03 Å². The van der Waals surface area contributed by atoms with Gasteiger partial charge < -0.3 is 29.7 Å². The van der Waals surface area contributed by atoms with Crippen molar-refractivity contribution in [3.8, 4) is 17.2 Å². The third-order valence-corrected chi connectivity index (χ3v) is 5.41. The molecular weight excluding hydrogens is 396 g/mol. The van der Waals surface area contributed by atoms with E-state index in [1.807, 2.05) is 36.4 Å². The standard InChI is InChI=1S/C23H32N4O4/c1-29-20-7-5-4-6-19(20)27-14-12-26(13-15-27)11-10-24-23(28)25-17-18-8-9-21(30-2)22(16-18)31-3/h4-9,16H,10-15,17H2,1-3H3,(H2,24,25,28).